The van der Waals surface area contributed by atoms with E-state index in [0.29, 0.717) is 24.5 Å². The van der Waals surface area contributed by atoms with Gasteiger partial charge in [0.1, 0.15) is 11.6 Å². The highest BCUT2D eigenvalue weighted by atomic mass is 19.1. The van der Waals surface area contributed by atoms with Crippen molar-refractivity contribution in [3.63, 3.8) is 0 Å². The number of amides is 1. The summed E-state index contributed by atoms with van der Waals surface area (Å²) in [5.74, 6) is 0.234. The topological polar surface area (TPSA) is 54.0 Å². The lowest BCUT2D eigenvalue weighted by Gasteiger charge is -2.08. The molecule has 2 aromatic carbocycles. The maximum atomic E-state index is 12.9. The molecule has 1 amide bonds. The Balaban J connectivity index is 1.52. The molecule has 0 bridgehead atoms. The number of anilines is 1. The number of rotatable bonds is 6. The number of nitrogens with one attached hydrogen (secondary N) is 2. The third-order valence-electron chi connectivity index (χ3n) is 3.71. The molecule has 3 rings (SSSR count). The molecule has 0 fully saturated rings. The zero-order valence-electron chi connectivity index (χ0n) is 13.6. The van der Waals surface area contributed by atoms with E-state index in [1.54, 1.807) is 24.3 Å². The molecule has 126 valence electrons. The zero-order valence-corrected chi connectivity index (χ0v) is 13.6. The SMILES string of the molecule is O=C(NCc1ccccc1)c1ccc(NCc2ccc(F)cc2)nc1. The Morgan fingerprint density at radius 2 is 1.60 bits per heavy atom. The number of pyridine rings is 1. The first kappa shape index (κ1) is 16.6. The smallest absolute Gasteiger partial charge is 0.253 e. The van der Waals surface area contributed by atoms with Crippen LogP contribution in [0.5, 0.6) is 0 Å². The van der Waals surface area contributed by atoms with E-state index in [0.717, 1.165) is 11.1 Å². The van der Waals surface area contributed by atoms with Gasteiger partial charge in [-0.1, -0.05) is 42.5 Å². The molecule has 5 heteroatoms. The molecule has 0 atom stereocenters. The van der Waals surface area contributed by atoms with Gasteiger partial charge in [0.25, 0.3) is 5.91 Å². The minimum absolute atomic E-state index is 0.165. The van der Waals surface area contributed by atoms with Gasteiger partial charge in [0, 0.05) is 19.3 Å². The number of halogens is 1. The Hall–Kier alpha value is -3.21. The number of hydrogen-bond acceptors (Lipinski definition) is 3. The van der Waals surface area contributed by atoms with Gasteiger partial charge in [-0.05, 0) is 35.4 Å². The minimum atomic E-state index is -0.257. The summed E-state index contributed by atoms with van der Waals surface area (Å²) in [5, 5.41) is 6.00. The fourth-order valence-corrected chi connectivity index (χ4v) is 2.31. The van der Waals surface area contributed by atoms with Gasteiger partial charge in [-0.25, -0.2) is 9.37 Å². The summed E-state index contributed by atoms with van der Waals surface area (Å²) >= 11 is 0. The standard InChI is InChI=1S/C20H18FN3O/c21-18-9-6-16(7-10-18)12-22-19-11-8-17(14-23-19)20(25)24-13-15-4-2-1-3-5-15/h1-11,14H,12-13H2,(H,22,23)(H,24,25). The lowest BCUT2D eigenvalue weighted by Crippen LogP contribution is -2.22. The maximum absolute atomic E-state index is 12.9. The average molecular weight is 335 g/mol. The molecule has 3 aromatic rings. The highest BCUT2D eigenvalue weighted by molar-refractivity contribution is 5.94. The highest BCUT2D eigenvalue weighted by Gasteiger charge is 2.06. The van der Waals surface area contributed by atoms with Crippen LogP contribution >= 0.6 is 0 Å². The Morgan fingerprint density at radius 1 is 0.880 bits per heavy atom. The number of carbonyl (C=O) groups excluding carboxylic acids is 1. The molecule has 0 aliphatic rings. The average Bonchev–Trinajstić information content (AvgIpc) is 2.67. The van der Waals surface area contributed by atoms with Crippen molar-refractivity contribution in [2.75, 3.05) is 5.32 Å². The van der Waals surface area contributed by atoms with Crippen molar-refractivity contribution >= 4 is 11.7 Å². The van der Waals surface area contributed by atoms with Crippen LogP contribution in [0.3, 0.4) is 0 Å². The van der Waals surface area contributed by atoms with Crippen molar-refractivity contribution in [3.05, 3.63) is 95.4 Å². The Bertz CT molecular complexity index is 818. The molecular weight excluding hydrogens is 317 g/mol. The number of aromatic nitrogens is 1. The van der Waals surface area contributed by atoms with Crippen molar-refractivity contribution in [2.45, 2.75) is 13.1 Å². The summed E-state index contributed by atoms with van der Waals surface area (Å²) in [6.07, 6.45) is 1.54. The van der Waals surface area contributed by atoms with E-state index in [1.165, 1.54) is 18.3 Å². The van der Waals surface area contributed by atoms with E-state index in [4.69, 9.17) is 0 Å². The van der Waals surface area contributed by atoms with Crippen LogP contribution in [-0.2, 0) is 13.1 Å². The van der Waals surface area contributed by atoms with Gasteiger partial charge in [-0.2, -0.15) is 0 Å². The van der Waals surface area contributed by atoms with Crippen molar-refractivity contribution < 1.29 is 9.18 Å². The van der Waals surface area contributed by atoms with Gasteiger partial charge in [-0.3, -0.25) is 4.79 Å². The second-order valence-electron chi connectivity index (χ2n) is 5.58. The summed E-state index contributed by atoms with van der Waals surface area (Å²) in [6, 6.07) is 19.5. The van der Waals surface area contributed by atoms with Gasteiger partial charge < -0.3 is 10.6 Å². The quantitative estimate of drug-likeness (QED) is 0.721. The molecule has 0 spiro atoms. The van der Waals surface area contributed by atoms with Crippen molar-refractivity contribution in [3.8, 4) is 0 Å². The van der Waals surface area contributed by atoms with Crippen LogP contribution in [0.15, 0.2) is 72.9 Å². The first-order valence-electron chi connectivity index (χ1n) is 7.97. The van der Waals surface area contributed by atoms with Gasteiger partial charge in [-0.15, -0.1) is 0 Å². The predicted molar refractivity (Wildman–Crippen MR) is 95.6 cm³/mol. The maximum Gasteiger partial charge on any atom is 0.253 e. The number of nitrogens with zero attached hydrogens (tertiary/aromatic N) is 1. The van der Waals surface area contributed by atoms with Crippen LogP contribution in [0.4, 0.5) is 10.2 Å². The third-order valence-corrected chi connectivity index (χ3v) is 3.71. The van der Waals surface area contributed by atoms with Gasteiger partial charge >= 0.3 is 0 Å². The first-order chi connectivity index (χ1) is 12.2. The summed E-state index contributed by atoms with van der Waals surface area (Å²) < 4.78 is 12.9. The van der Waals surface area contributed by atoms with E-state index < -0.39 is 0 Å². The van der Waals surface area contributed by atoms with Crippen LogP contribution in [0.25, 0.3) is 0 Å². The molecule has 2 N–H and O–H groups in total. The largest absolute Gasteiger partial charge is 0.366 e. The normalized spacial score (nSPS) is 10.3. The molecule has 0 aliphatic carbocycles. The predicted octanol–water partition coefficient (Wildman–Crippen LogP) is 3.76. The second-order valence-corrected chi connectivity index (χ2v) is 5.58. The number of benzene rings is 2. The number of carbonyl (C=O) groups is 1. The molecule has 0 unspecified atom stereocenters. The van der Waals surface area contributed by atoms with Crippen molar-refractivity contribution in [1.29, 1.82) is 0 Å². The molecular formula is C20H18FN3O. The van der Waals surface area contributed by atoms with Crippen LogP contribution in [0.1, 0.15) is 21.5 Å². The molecule has 0 saturated carbocycles. The van der Waals surface area contributed by atoms with E-state index in [1.807, 2.05) is 30.3 Å². The Morgan fingerprint density at radius 3 is 2.28 bits per heavy atom. The Kier molecular flexibility index (Phi) is 5.36. The van der Waals surface area contributed by atoms with E-state index >= 15 is 0 Å². The molecule has 0 aliphatic heterocycles. The summed E-state index contributed by atoms with van der Waals surface area (Å²) in [7, 11) is 0. The molecule has 1 heterocycles. The van der Waals surface area contributed by atoms with Gasteiger partial charge in [0.05, 0.1) is 5.56 Å². The lowest BCUT2D eigenvalue weighted by atomic mass is 10.2. The fraction of sp³-hybridized carbons (Fsp3) is 0.100. The third kappa shape index (κ3) is 4.88. The van der Waals surface area contributed by atoms with E-state index in [9.17, 15) is 9.18 Å². The molecule has 1 aromatic heterocycles. The molecule has 25 heavy (non-hydrogen) atoms. The van der Waals surface area contributed by atoms with Gasteiger partial charge in [0.2, 0.25) is 0 Å². The summed E-state index contributed by atoms with van der Waals surface area (Å²) in [6.45, 7) is 1.01. The highest BCUT2D eigenvalue weighted by Crippen LogP contribution is 2.09. The fourth-order valence-electron chi connectivity index (χ4n) is 2.31. The van der Waals surface area contributed by atoms with Crippen molar-refractivity contribution in [2.24, 2.45) is 0 Å². The van der Waals surface area contributed by atoms with Crippen LogP contribution in [0, 0.1) is 5.82 Å². The number of hydrogen-bond donors (Lipinski definition) is 2. The molecule has 0 radical (unpaired) electrons. The van der Waals surface area contributed by atoms with E-state index in [-0.39, 0.29) is 11.7 Å². The zero-order chi connectivity index (χ0) is 17.5. The minimum Gasteiger partial charge on any atom is -0.366 e. The second kappa shape index (κ2) is 8.06. The van der Waals surface area contributed by atoms with Gasteiger partial charge in [0.15, 0.2) is 0 Å². The van der Waals surface area contributed by atoms with Crippen LogP contribution < -0.4 is 10.6 Å². The monoisotopic (exact) mass is 335 g/mol. The lowest BCUT2D eigenvalue weighted by molar-refractivity contribution is 0.0950. The van der Waals surface area contributed by atoms with Crippen LogP contribution in [-0.4, -0.2) is 10.9 Å². The van der Waals surface area contributed by atoms with Crippen LogP contribution in [0.2, 0.25) is 0 Å². The molecule has 4 nitrogen and oxygen atoms in total. The Labute approximate surface area is 145 Å². The van der Waals surface area contributed by atoms with E-state index in [2.05, 4.69) is 15.6 Å². The molecule has 0 saturated heterocycles. The van der Waals surface area contributed by atoms with Crippen molar-refractivity contribution in [1.82, 2.24) is 10.3 Å². The summed E-state index contributed by atoms with van der Waals surface area (Å²) in [4.78, 5) is 16.4. The summed E-state index contributed by atoms with van der Waals surface area (Å²) in [5.41, 5.74) is 2.50. The first-order valence-corrected chi connectivity index (χ1v) is 7.97.